The average Bonchev–Trinajstić information content (AvgIpc) is 3.29. The Morgan fingerprint density at radius 1 is 1.22 bits per heavy atom. The second-order valence-electron chi connectivity index (χ2n) is 6.94. The third-order valence-electron chi connectivity index (χ3n) is 5.02. The summed E-state index contributed by atoms with van der Waals surface area (Å²) in [6, 6.07) is 9.58. The van der Waals surface area contributed by atoms with Crippen LogP contribution in [0, 0.1) is 19.8 Å². The highest BCUT2D eigenvalue weighted by molar-refractivity contribution is 6.07. The lowest BCUT2D eigenvalue weighted by atomic mass is 10.0. The Morgan fingerprint density at radius 2 is 1.96 bits per heavy atom. The molecule has 27 heavy (non-hydrogen) atoms. The highest BCUT2D eigenvalue weighted by Crippen LogP contribution is 2.29. The van der Waals surface area contributed by atoms with Gasteiger partial charge in [0.25, 0.3) is 11.6 Å². The third-order valence-corrected chi connectivity index (χ3v) is 5.02. The zero-order chi connectivity index (χ0) is 19.1. The molecule has 1 atom stereocenters. The molecule has 2 aromatic heterocycles. The highest BCUT2D eigenvalue weighted by atomic mass is 16.5. The summed E-state index contributed by atoms with van der Waals surface area (Å²) in [5, 5.41) is 13.7. The molecule has 138 valence electrons. The van der Waals surface area contributed by atoms with Crippen molar-refractivity contribution in [2.75, 3.05) is 13.1 Å². The van der Waals surface area contributed by atoms with E-state index in [0.29, 0.717) is 41.0 Å². The van der Waals surface area contributed by atoms with Crippen molar-refractivity contribution >= 4 is 23.0 Å². The van der Waals surface area contributed by atoms with Crippen LogP contribution < -0.4 is 0 Å². The Bertz CT molecular complexity index is 1040. The van der Waals surface area contributed by atoms with Gasteiger partial charge in [-0.3, -0.25) is 9.59 Å². The molecule has 1 aliphatic heterocycles. The van der Waals surface area contributed by atoms with Crippen LogP contribution in [0.5, 0.6) is 0 Å². The minimum atomic E-state index is -0.869. The number of benzene rings is 1. The predicted molar refractivity (Wildman–Crippen MR) is 98.4 cm³/mol. The number of carboxylic acids is 1. The first-order valence-electron chi connectivity index (χ1n) is 8.80. The predicted octanol–water partition coefficient (Wildman–Crippen LogP) is 3.05. The molecule has 1 aromatic carbocycles. The number of hydrogen-bond acceptors (Lipinski definition) is 5. The van der Waals surface area contributed by atoms with Crippen molar-refractivity contribution in [2.24, 2.45) is 5.92 Å². The van der Waals surface area contributed by atoms with Gasteiger partial charge in [-0.05, 0) is 26.3 Å². The first-order chi connectivity index (χ1) is 12.9. The van der Waals surface area contributed by atoms with E-state index in [1.54, 1.807) is 17.9 Å². The van der Waals surface area contributed by atoms with Crippen LogP contribution in [0.2, 0.25) is 0 Å². The van der Waals surface area contributed by atoms with Crippen LogP contribution >= 0.6 is 0 Å². The molecule has 0 aliphatic carbocycles. The van der Waals surface area contributed by atoms with Crippen LogP contribution in [0.1, 0.15) is 28.0 Å². The number of hydrogen-bond donors (Lipinski definition) is 1. The van der Waals surface area contributed by atoms with Gasteiger partial charge in [0.1, 0.15) is 0 Å². The van der Waals surface area contributed by atoms with E-state index in [9.17, 15) is 14.7 Å². The van der Waals surface area contributed by atoms with Crippen LogP contribution in [-0.4, -0.2) is 45.1 Å². The van der Waals surface area contributed by atoms with Gasteiger partial charge in [0, 0.05) is 18.7 Å². The maximum absolute atomic E-state index is 13.2. The van der Waals surface area contributed by atoms with Crippen LogP contribution in [0.25, 0.3) is 22.4 Å². The molecule has 1 N–H and O–H groups in total. The third kappa shape index (κ3) is 3.05. The number of nitrogens with zero attached hydrogens (tertiary/aromatic N) is 3. The molecule has 0 bridgehead atoms. The van der Waals surface area contributed by atoms with Crippen molar-refractivity contribution in [3.05, 3.63) is 47.2 Å². The first-order valence-corrected chi connectivity index (χ1v) is 8.80. The number of rotatable bonds is 3. The normalized spacial score (nSPS) is 16.8. The molecule has 0 saturated carbocycles. The van der Waals surface area contributed by atoms with Gasteiger partial charge in [0.2, 0.25) is 0 Å². The smallest absolute Gasteiger partial charge is 0.308 e. The summed E-state index contributed by atoms with van der Waals surface area (Å²) in [7, 11) is 0. The lowest BCUT2D eigenvalue weighted by molar-refractivity contribution is -0.141. The Labute approximate surface area is 155 Å². The fraction of sp³-hybridized carbons (Fsp3) is 0.300. The second kappa shape index (κ2) is 6.50. The lowest BCUT2D eigenvalue weighted by Gasteiger charge is -2.17. The standard InChI is InChI=1S/C20H19N3O4/c1-11-3-5-13(6-4-11)16-9-15(17-12(2)22-27-18(17)21-16)19(24)23-8-7-14(10-23)20(25)26/h3-6,9,14H,7-8,10H2,1-2H3,(H,25,26)/t14-/m0/s1. The summed E-state index contributed by atoms with van der Waals surface area (Å²) >= 11 is 0. The van der Waals surface area contributed by atoms with E-state index < -0.39 is 11.9 Å². The maximum Gasteiger partial charge on any atom is 0.308 e. The van der Waals surface area contributed by atoms with E-state index in [2.05, 4.69) is 10.1 Å². The number of aryl methyl sites for hydroxylation is 2. The minimum Gasteiger partial charge on any atom is -0.481 e. The van der Waals surface area contributed by atoms with Gasteiger partial charge in [-0.2, -0.15) is 0 Å². The van der Waals surface area contributed by atoms with Gasteiger partial charge in [-0.15, -0.1) is 0 Å². The number of pyridine rings is 1. The van der Waals surface area contributed by atoms with Crippen LogP contribution in [0.4, 0.5) is 0 Å². The molecule has 3 heterocycles. The number of amides is 1. The van der Waals surface area contributed by atoms with E-state index in [-0.39, 0.29) is 12.5 Å². The van der Waals surface area contributed by atoms with E-state index in [1.807, 2.05) is 31.2 Å². The summed E-state index contributed by atoms with van der Waals surface area (Å²) in [5.41, 5.74) is 3.96. The Hall–Kier alpha value is -3.22. The fourth-order valence-electron chi connectivity index (χ4n) is 3.45. The monoisotopic (exact) mass is 365 g/mol. The second-order valence-corrected chi connectivity index (χ2v) is 6.94. The summed E-state index contributed by atoms with van der Waals surface area (Å²) in [6.45, 7) is 4.40. The summed E-state index contributed by atoms with van der Waals surface area (Å²) < 4.78 is 5.32. The maximum atomic E-state index is 13.2. The minimum absolute atomic E-state index is 0.210. The molecule has 1 fully saturated rings. The topological polar surface area (TPSA) is 96.5 Å². The zero-order valence-electron chi connectivity index (χ0n) is 15.1. The molecule has 7 heteroatoms. The number of likely N-dealkylation sites (tertiary alicyclic amines) is 1. The van der Waals surface area contributed by atoms with Crippen LogP contribution in [0.15, 0.2) is 34.9 Å². The fourth-order valence-corrected chi connectivity index (χ4v) is 3.45. The Kier molecular flexibility index (Phi) is 4.14. The van der Waals surface area contributed by atoms with Gasteiger partial charge in [0.15, 0.2) is 0 Å². The molecule has 0 unspecified atom stereocenters. The number of carboxylic acid groups (broad SMARTS) is 1. The molecule has 1 amide bonds. The number of aliphatic carboxylic acids is 1. The molecular formula is C20H19N3O4. The first kappa shape index (κ1) is 17.2. The molecule has 1 saturated heterocycles. The van der Waals surface area contributed by atoms with E-state index >= 15 is 0 Å². The van der Waals surface area contributed by atoms with Crippen molar-refractivity contribution in [1.82, 2.24) is 15.0 Å². The molecular weight excluding hydrogens is 346 g/mol. The Balaban J connectivity index is 1.79. The van der Waals surface area contributed by atoms with Crippen molar-refractivity contribution < 1.29 is 19.2 Å². The number of carbonyl (C=O) groups excluding carboxylic acids is 1. The van der Waals surface area contributed by atoms with Crippen molar-refractivity contribution in [2.45, 2.75) is 20.3 Å². The number of carbonyl (C=O) groups is 2. The molecule has 0 spiro atoms. The van der Waals surface area contributed by atoms with Gasteiger partial charge in [-0.1, -0.05) is 35.0 Å². The van der Waals surface area contributed by atoms with Gasteiger partial charge in [0.05, 0.1) is 28.3 Å². The molecule has 0 radical (unpaired) electrons. The van der Waals surface area contributed by atoms with E-state index in [4.69, 9.17) is 4.52 Å². The zero-order valence-corrected chi connectivity index (χ0v) is 15.1. The van der Waals surface area contributed by atoms with E-state index in [0.717, 1.165) is 11.1 Å². The lowest BCUT2D eigenvalue weighted by Crippen LogP contribution is -2.30. The number of fused-ring (bicyclic) bond motifs is 1. The van der Waals surface area contributed by atoms with Gasteiger partial charge in [-0.25, -0.2) is 4.98 Å². The average molecular weight is 365 g/mol. The summed E-state index contributed by atoms with van der Waals surface area (Å²) in [4.78, 5) is 30.5. The van der Waals surface area contributed by atoms with Crippen molar-refractivity contribution in [1.29, 1.82) is 0 Å². The summed E-state index contributed by atoms with van der Waals surface area (Å²) in [6.07, 6.45) is 0.461. The van der Waals surface area contributed by atoms with E-state index in [1.165, 1.54) is 0 Å². The molecule has 3 aromatic rings. The summed E-state index contributed by atoms with van der Waals surface area (Å²) in [5.74, 6) is -1.61. The molecule has 1 aliphatic rings. The van der Waals surface area contributed by atoms with Gasteiger partial charge >= 0.3 is 5.97 Å². The van der Waals surface area contributed by atoms with Crippen LogP contribution in [0.3, 0.4) is 0 Å². The molecule has 7 nitrogen and oxygen atoms in total. The quantitative estimate of drug-likeness (QED) is 0.766. The van der Waals surface area contributed by atoms with Gasteiger partial charge < -0.3 is 14.5 Å². The SMILES string of the molecule is Cc1ccc(-c2cc(C(=O)N3CC[C@H](C(=O)O)C3)c3c(C)noc3n2)cc1. The molecule has 4 rings (SSSR count). The largest absolute Gasteiger partial charge is 0.481 e. The number of aromatic nitrogens is 2. The van der Waals surface area contributed by atoms with Crippen LogP contribution in [-0.2, 0) is 4.79 Å². The Morgan fingerprint density at radius 3 is 2.63 bits per heavy atom. The van der Waals surface area contributed by atoms with Crippen molar-refractivity contribution in [3.63, 3.8) is 0 Å². The highest BCUT2D eigenvalue weighted by Gasteiger charge is 2.33. The van der Waals surface area contributed by atoms with Crippen molar-refractivity contribution in [3.8, 4) is 11.3 Å².